The molecule has 0 saturated carbocycles. The molecule has 0 radical (unpaired) electrons. The average molecular weight is 139 g/mol. The summed E-state index contributed by atoms with van der Waals surface area (Å²) < 4.78 is 5.80. The third kappa shape index (κ3) is 1.62. The Morgan fingerprint density at radius 1 is 1.60 bits per heavy atom. The first-order valence-corrected chi connectivity index (χ1v) is 3.00. The fourth-order valence-electron chi connectivity index (χ4n) is 0.702. The van der Waals surface area contributed by atoms with E-state index in [0.29, 0.717) is 10.5 Å². The van der Waals surface area contributed by atoms with E-state index in [9.17, 15) is 5.21 Å². The second kappa shape index (κ2) is 2.56. The van der Waals surface area contributed by atoms with Crippen molar-refractivity contribution in [1.82, 2.24) is 0 Å². The van der Waals surface area contributed by atoms with Crippen LogP contribution in [0.25, 0.3) is 0 Å². The van der Waals surface area contributed by atoms with E-state index in [1.165, 1.54) is 13.3 Å². The monoisotopic (exact) mass is 139 g/mol. The predicted molar refractivity (Wildman–Crippen MR) is 38.2 cm³/mol. The molecule has 1 rings (SSSR count). The highest BCUT2D eigenvalue weighted by molar-refractivity contribution is 5.71. The molecule has 0 amide bonds. The molecule has 1 aromatic rings. The van der Waals surface area contributed by atoms with Crippen LogP contribution in [0.3, 0.4) is 0 Å². The van der Waals surface area contributed by atoms with E-state index in [1.807, 2.05) is 13.0 Å². The Morgan fingerprint density at radius 2 is 2.30 bits per heavy atom. The molecule has 0 spiro atoms. The SMILES string of the molecule is Cc1ccc(/C=[N+](\C)[O-])o1. The van der Waals surface area contributed by atoms with Gasteiger partial charge in [-0.05, 0) is 19.1 Å². The van der Waals surface area contributed by atoms with E-state index >= 15 is 0 Å². The summed E-state index contributed by atoms with van der Waals surface area (Å²) in [7, 11) is 1.41. The maximum absolute atomic E-state index is 10.4. The maximum Gasteiger partial charge on any atom is 0.217 e. The van der Waals surface area contributed by atoms with Crippen LogP contribution in [0.15, 0.2) is 16.5 Å². The van der Waals surface area contributed by atoms with Gasteiger partial charge >= 0.3 is 0 Å². The highest BCUT2D eigenvalue weighted by Gasteiger charge is 1.95. The molecule has 0 aliphatic carbocycles. The van der Waals surface area contributed by atoms with Gasteiger partial charge in [-0.3, -0.25) is 0 Å². The standard InChI is InChI=1S/C7H9NO2/c1-6-3-4-7(10-6)5-8(2)9/h3-5H,1-2H3/b8-5+. The van der Waals surface area contributed by atoms with Gasteiger partial charge in [-0.2, -0.15) is 0 Å². The van der Waals surface area contributed by atoms with Gasteiger partial charge in [0.1, 0.15) is 12.8 Å². The van der Waals surface area contributed by atoms with Gasteiger partial charge < -0.3 is 9.62 Å². The Bertz CT molecular complexity index is 246. The van der Waals surface area contributed by atoms with Crippen LogP contribution < -0.4 is 0 Å². The molecule has 3 heteroatoms. The molecule has 0 unspecified atom stereocenters. The van der Waals surface area contributed by atoms with E-state index in [1.54, 1.807) is 6.07 Å². The van der Waals surface area contributed by atoms with Crippen LogP contribution in [0, 0.1) is 12.1 Å². The molecule has 0 aliphatic heterocycles. The lowest BCUT2D eigenvalue weighted by molar-refractivity contribution is -0.417. The van der Waals surface area contributed by atoms with Crippen molar-refractivity contribution in [3.8, 4) is 0 Å². The van der Waals surface area contributed by atoms with Crippen molar-refractivity contribution in [1.29, 1.82) is 0 Å². The molecule has 0 saturated heterocycles. The molecule has 0 N–H and O–H groups in total. The Morgan fingerprint density at radius 3 is 2.70 bits per heavy atom. The Kier molecular flexibility index (Phi) is 1.76. The minimum Gasteiger partial charge on any atom is -0.624 e. The molecule has 54 valence electrons. The highest BCUT2D eigenvalue weighted by atomic mass is 16.5. The summed E-state index contributed by atoms with van der Waals surface area (Å²) in [5.41, 5.74) is 0. The predicted octanol–water partition coefficient (Wildman–Crippen LogP) is 1.15. The lowest BCUT2D eigenvalue weighted by Crippen LogP contribution is -1.95. The van der Waals surface area contributed by atoms with Crippen LogP contribution in [-0.2, 0) is 0 Å². The van der Waals surface area contributed by atoms with Gasteiger partial charge in [0.15, 0.2) is 5.76 Å². The molecule has 1 heterocycles. The van der Waals surface area contributed by atoms with Gasteiger partial charge in [0, 0.05) is 0 Å². The maximum atomic E-state index is 10.4. The van der Waals surface area contributed by atoms with Crippen molar-refractivity contribution in [2.24, 2.45) is 0 Å². The number of aryl methyl sites for hydroxylation is 1. The van der Waals surface area contributed by atoms with Crippen LogP contribution in [-0.4, -0.2) is 18.0 Å². The molecule has 0 fully saturated rings. The summed E-state index contributed by atoms with van der Waals surface area (Å²) in [6, 6.07) is 3.57. The van der Waals surface area contributed by atoms with Crippen LogP contribution in [0.4, 0.5) is 0 Å². The van der Waals surface area contributed by atoms with Crippen molar-refractivity contribution in [2.45, 2.75) is 6.92 Å². The first kappa shape index (κ1) is 6.86. The summed E-state index contributed by atoms with van der Waals surface area (Å²) >= 11 is 0. The third-order valence-electron chi connectivity index (χ3n) is 1.07. The summed E-state index contributed by atoms with van der Waals surface area (Å²) in [4.78, 5) is 0. The minimum atomic E-state index is 0.593. The van der Waals surface area contributed by atoms with E-state index < -0.39 is 0 Å². The Balaban J connectivity index is 2.86. The van der Waals surface area contributed by atoms with Crippen LogP contribution in [0.2, 0.25) is 0 Å². The quantitative estimate of drug-likeness (QED) is 0.253. The molecule has 3 nitrogen and oxygen atoms in total. The lowest BCUT2D eigenvalue weighted by Gasteiger charge is -1.90. The van der Waals surface area contributed by atoms with E-state index in [2.05, 4.69) is 0 Å². The zero-order valence-electron chi connectivity index (χ0n) is 6.00. The zero-order chi connectivity index (χ0) is 7.56. The topological polar surface area (TPSA) is 39.2 Å². The van der Waals surface area contributed by atoms with E-state index in [-0.39, 0.29) is 0 Å². The second-order valence-electron chi connectivity index (χ2n) is 2.12. The number of rotatable bonds is 1. The van der Waals surface area contributed by atoms with Crippen molar-refractivity contribution in [3.05, 3.63) is 28.9 Å². The number of nitrogens with zero attached hydrogens (tertiary/aromatic N) is 1. The fraction of sp³-hybridized carbons (Fsp3) is 0.286. The van der Waals surface area contributed by atoms with E-state index in [4.69, 9.17) is 4.42 Å². The number of furan rings is 1. The van der Waals surface area contributed by atoms with Gasteiger partial charge in [-0.15, -0.1) is 0 Å². The summed E-state index contributed by atoms with van der Waals surface area (Å²) in [6.45, 7) is 1.84. The number of hydroxylamine groups is 1. The summed E-state index contributed by atoms with van der Waals surface area (Å²) in [5, 5.41) is 10.4. The van der Waals surface area contributed by atoms with Crippen LogP contribution >= 0.6 is 0 Å². The third-order valence-corrected chi connectivity index (χ3v) is 1.07. The van der Waals surface area contributed by atoms with Gasteiger partial charge in [-0.25, -0.2) is 4.74 Å². The molecule has 10 heavy (non-hydrogen) atoms. The second-order valence-corrected chi connectivity index (χ2v) is 2.12. The number of hydrogen-bond donors (Lipinski definition) is 0. The van der Waals surface area contributed by atoms with Crippen molar-refractivity contribution < 1.29 is 9.16 Å². The molecule has 0 bridgehead atoms. The molecular weight excluding hydrogens is 130 g/mol. The molecule has 0 aliphatic rings. The van der Waals surface area contributed by atoms with Gasteiger partial charge in [0.25, 0.3) is 0 Å². The zero-order valence-corrected chi connectivity index (χ0v) is 6.00. The average Bonchev–Trinajstić information content (AvgIpc) is 2.13. The van der Waals surface area contributed by atoms with Gasteiger partial charge in [0.2, 0.25) is 6.21 Å². The highest BCUT2D eigenvalue weighted by Crippen LogP contribution is 2.02. The molecular formula is C7H9NO2. The minimum absolute atomic E-state index is 0.593. The first-order valence-electron chi connectivity index (χ1n) is 3.00. The molecule has 0 aromatic carbocycles. The molecule has 1 aromatic heterocycles. The fourth-order valence-corrected chi connectivity index (χ4v) is 0.702. The first-order chi connectivity index (χ1) is 4.68. The Labute approximate surface area is 59.2 Å². The summed E-state index contributed by atoms with van der Waals surface area (Å²) in [6.07, 6.45) is 1.38. The number of hydrogen-bond acceptors (Lipinski definition) is 2. The van der Waals surface area contributed by atoms with Crippen molar-refractivity contribution in [3.63, 3.8) is 0 Å². The lowest BCUT2D eigenvalue weighted by atomic mass is 10.4. The van der Waals surface area contributed by atoms with Crippen molar-refractivity contribution >= 4 is 6.21 Å². The largest absolute Gasteiger partial charge is 0.624 e. The molecule has 0 atom stereocenters. The van der Waals surface area contributed by atoms with Crippen LogP contribution in [0.1, 0.15) is 11.5 Å². The van der Waals surface area contributed by atoms with Crippen LogP contribution in [0.5, 0.6) is 0 Å². The van der Waals surface area contributed by atoms with Gasteiger partial charge in [-0.1, -0.05) is 0 Å². The van der Waals surface area contributed by atoms with E-state index in [0.717, 1.165) is 5.76 Å². The normalized spacial score (nSPS) is 12.0. The van der Waals surface area contributed by atoms with Crippen molar-refractivity contribution in [2.75, 3.05) is 7.05 Å². The summed E-state index contributed by atoms with van der Waals surface area (Å²) in [5.74, 6) is 1.41. The van der Waals surface area contributed by atoms with Gasteiger partial charge in [0.05, 0.1) is 0 Å². The smallest absolute Gasteiger partial charge is 0.217 e. The Hall–Kier alpha value is -1.25.